The molecule has 1 heterocycles. The van der Waals surface area contributed by atoms with E-state index < -0.39 is 17.6 Å². The Hall–Kier alpha value is -1.35. The standard InChI is InChI=1S/C11H19F3N4O2/c1-10(15,11(12,13)14)9(20)18-5-3-17(4-6-18)7-8(19)16-2/h3-7,15H2,1-2H3,(H,16,19). The number of likely N-dealkylation sites (N-methyl/N-ethyl adjacent to an activating group) is 1. The average molecular weight is 296 g/mol. The molecule has 1 unspecified atom stereocenters. The molecule has 116 valence electrons. The van der Waals surface area contributed by atoms with E-state index in [9.17, 15) is 22.8 Å². The Balaban J connectivity index is 2.57. The summed E-state index contributed by atoms with van der Waals surface area (Å²) in [6.45, 7) is 1.77. The Bertz CT molecular complexity index is 376. The number of hydrogen-bond acceptors (Lipinski definition) is 4. The SMILES string of the molecule is CNC(=O)CN1CCN(C(=O)C(C)(N)C(F)(F)F)CC1. The highest BCUT2D eigenvalue weighted by atomic mass is 19.4. The van der Waals surface area contributed by atoms with Crippen molar-refractivity contribution in [3.63, 3.8) is 0 Å². The van der Waals surface area contributed by atoms with Gasteiger partial charge in [0.05, 0.1) is 6.54 Å². The summed E-state index contributed by atoms with van der Waals surface area (Å²) in [5, 5.41) is 2.46. The summed E-state index contributed by atoms with van der Waals surface area (Å²) in [7, 11) is 1.51. The lowest BCUT2D eigenvalue weighted by atomic mass is 10.0. The number of piperazine rings is 1. The smallest absolute Gasteiger partial charge is 0.358 e. The predicted molar refractivity (Wildman–Crippen MR) is 65.7 cm³/mol. The van der Waals surface area contributed by atoms with Crippen LogP contribution in [0.15, 0.2) is 0 Å². The van der Waals surface area contributed by atoms with Gasteiger partial charge in [-0.05, 0) is 6.92 Å². The van der Waals surface area contributed by atoms with E-state index in [0.29, 0.717) is 20.0 Å². The van der Waals surface area contributed by atoms with Gasteiger partial charge in [-0.15, -0.1) is 0 Å². The summed E-state index contributed by atoms with van der Waals surface area (Å²) >= 11 is 0. The van der Waals surface area contributed by atoms with Gasteiger partial charge < -0.3 is 16.0 Å². The number of alkyl halides is 3. The van der Waals surface area contributed by atoms with Crippen LogP contribution in [0, 0.1) is 0 Å². The van der Waals surface area contributed by atoms with Crippen LogP contribution in [-0.4, -0.2) is 73.1 Å². The van der Waals surface area contributed by atoms with Gasteiger partial charge in [-0.25, -0.2) is 0 Å². The number of amides is 2. The van der Waals surface area contributed by atoms with Gasteiger partial charge in [0.25, 0.3) is 5.91 Å². The second-order valence-corrected chi connectivity index (χ2v) is 4.94. The second-order valence-electron chi connectivity index (χ2n) is 4.94. The fourth-order valence-corrected chi connectivity index (χ4v) is 1.84. The van der Waals surface area contributed by atoms with Gasteiger partial charge in [-0.3, -0.25) is 14.5 Å². The summed E-state index contributed by atoms with van der Waals surface area (Å²) in [4.78, 5) is 25.9. The molecule has 0 aromatic carbocycles. The molecule has 3 N–H and O–H groups in total. The Morgan fingerprint density at radius 3 is 2.10 bits per heavy atom. The molecule has 0 aromatic heterocycles. The summed E-state index contributed by atoms with van der Waals surface area (Å²) in [6, 6.07) is 0. The van der Waals surface area contributed by atoms with Crippen LogP contribution in [0.3, 0.4) is 0 Å². The largest absolute Gasteiger partial charge is 0.415 e. The first kappa shape index (κ1) is 16.7. The topological polar surface area (TPSA) is 78.7 Å². The molecule has 1 aliphatic heterocycles. The third kappa shape index (κ3) is 3.60. The van der Waals surface area contributed by atoms with Crippen LogP contribution in [0.5, 0.6) is 0 Å². The van der Waals surface area contributed by atoms with E-state index in [1.54, 1.807) is 4.90 Å². The van der Waals surface area contributed by atoms with Crippen molar-refractivity contribution < 1.29 is 22.8 Å². The van der Waals surface area contributed by atoms with Gasteiger partial charge in [0, 0.05) is 33.2 Å². The quantitative estimate of drug-likeness (QED) is 0.711. The highest BCUT2D eigenvalue weighted by Crippen LogP contribution is 2.29. The number of nitrogens with two attached hydrogens (primary N) is 1. The van der Waals surface area contributed by atoms with Crippen molar-refractivity contribution >= 4 is 11.8 Å². The van der Waals surface area contributed by atoms with E-state index in [0.717, 1.165) is 4.90 Å². The normalized spacial score (nSPS) is 20.4. The fraction of sp³-hybridized carbons (Fsp3) is 0.818. The molecule has 1 rings (SSSR count). The third-order valence-electron chi connectivity index (χ3n) is 3.34. The maximum atomic E-state index is 12.7. The van der Waals surface area contributed by atoms with Gasteiger partial charge >= 0.3 is 6.18 Å². The zero-order valence-corrected chi connectivity index (χ0v) is 11.5. The van der Waals surface area contributed by atoms with Crippen LogP contribution >= 0.6 is 0 Å². The molecule has 0 radical (unpaired) electrons. The van der Waals surface area contributed by atoms with E-state index in [2.05, 4.69) is 5.32 Å². The molecule has 20 heavy (non-hydrogen) atoms. The summed E-state index contributed by atoms with van der Waals surface area (Å²) in [5.74, 6) is -1.31. The number of carbonyl (C=O) groups is 2. The van der Waals surface area contributed by atoms with E-state index in [4.69, 9.17) is 5.73 Å². The second kappa shape index (κ2) is 5.96. The van der Waals surface area contributed by atoms with Gasteiger partial charge in [0.1, 0.15) is 0 Å². The van der Waals surface area contributed by atoms with Crippen molar-refractivity contribution in [2.24, 2.45) is 5.73 Å². The number of halogens is 3. The molecule has 1 saturated heterocycles. The van der Waals surface area contributed by atoms with Gasteiger partial charge in [0.2, 0.25) is 5.91 Å². The number of hydrogen-bond donors (Lipinski definition) is 2. The van der Waals surface area contributed by atoms with Crippen LogP contribution in [-0.2, 0) is 9.59 Å². The molecule has 1 atom stereocenters. The molecule has 0 saturated carbocycles. The maximum absolute atomic E-state index is 12.7. The van der Waals surface area contributed by atoms with E-state index in [1.165, 1.54) is 7.05 Å². The lowest BCUT2D eigenvalue weighted by molar-refractivity contribution is -0.194. The van der Waals surface area contributed by atoms with Gasteiger partial charge in [-0.2, -0.15) is 13.2 Å². The van der Waals surface area contributed by atoms with E-state index >= 15 is 0 Å². The highest BCUT2D eigenvalue weighted by Gasteiger charge is 2.55. The first-order valence-corrected chi connectivity index (χ1v) is 6.17. The van der Waals surface area contributed by atoms with Crippen molar-refractivity contribution in [3.8, 4) is 0 Å². The Morgan fingerprint density at radius 2 is 1.70 bits per heavy atom. The zero-order valence-electron chi connectivity index (χ0n) is 11.5. The van der Waals surface area contributed by atoms with E-state index in [-0.39, 0.29) is 25.5 Å². The Morgan fingerprint density at radius 1 is 1.20 bits per heavy atom. The summed E-state index contributed by atoms with van der Waals surface area (Å²) in [5.41, 5.74) is 2.23. The van der Waals surface area contributed by atoms with Crippen molar-refractivity contribution in [2.75, 3.05) is 39.8 Å². The van der Waals surface area contributed by atoms with Crippen molar-refractivity contribution in [1.29, 1.82) is 0 Å². The van der Waals surface area contributed by atoms with Crippen molar-refractivity contribution in [1.82, 2.24) is 15.1 Å². The van der Waals surface area contributed by atoms with Gasteiger partial charge in [-0.1, -0.05) is 0 Å². The molecule has 6 nitrogen and oxygen atoms in total. The molecule has 0 bridgehead atoms. The van der Waals surface area contributed by atoms with Crippen LogP contribution < -0.4 is 11.1 Å². The molecular weight excluding hydrogens is 277 g/mol. The van der Waals surface area contributed by atoms with Crippen molar-refractivity contribution in [3.05, 3.63) is 0 Å². The number of nitrogens with one attached hydrogen (secondary N) is 1. The highest BCUT2D eigenvalue weighted by molar-refractivity contribution is 5.86. The molecular formula is C11H19F3N4O2. The first-order valence-electron chi connectivity index (χ1n) is 6.17. The van der Waals surface area contributed by atoms with Crippen LogP contribution in [0.4, 0.5) is 13.2 Å². The minimum atomic E-state index is -4.79. The Labute approximate surface area is 115 Å². The maximum Gasteiger partial charge on any atom is 0.415 e. The number of rotatable bonds is 3. The predicted octanol–water partition coefficient (Wildman–Crippen LogP) is -0.844. The lowest BCUT2D eigenvalue weighted by Gasteiger charge is -2.38. The monoisotopic (exact) mass is 296 g/mol. The molecule has 0 aliphatic carbocycles. The molecule has 9 heteroatoms. The minimum absolute atomic E-state index is 0.124. The average Bonchev–Trinajstić information content (AvgIpc) is 2.37. The fourth-order valence-electron chi connectivity index (χ4n) is 1.84. The molecule has 1 aliphatic rings. The van der Waals surface area contributed by atoms with Gasteiger partial charge in [0.15, 0.2) is 5.54 Å². The van der Waals surface area contributed by atoms with E-state index in [1.807, 2.05) is 0 Å². The lowest BCUT2D eigenvalue weighted by Crippen LogP contribution is -2.64. The number of nitrogens with zero attached hydrogens (tertiary/aromatic N) is 2. The Kier molecular flexibility index (Phi) is 4.98. The van der Waals surface area contributed by atoms with Crippen molar-refractivity contribution in [2.45, 2.75) is 18.6 Å². The number of carbonyl (C=O) groups excluding carboxylic acids is 2. The van der Waals surface area contributed by atoms with Crippen LogP contribution in [0.25, 0.3) is 0 Å². The minimum Gasteiger partial charge on any atom is -0.358 e. The molecule has 0 spiro atoms. The van der Waals surface area contributed by atoms with Crippen LogP contribution in [0.1, 0.15) is 6.92 Å². The molecule has 1 fully saturated rings. The zero-order chi connectivity index (χ0) is 15.6. The first-order chi connectivity index (χ1) is 9.09. The van der Waals surface area contributed by atoms with Crippen LogP contribution in [0.2, 0.25) is 0 Å². The summed E-state index contributed by atoms with van der Waals surface area (Å²) < 4.78 is 38.1. The molecule has 0 aromatic rings. The molecule has 2 amide bonds. The summed E-state index contributed by atoms with van der Waals surface area (Å²) in [6.07, 6.45) is -4.79. The third-order valence-corrected chi connectivity index (χ3v) is 3.34.